The fraction of sp³-hybridized carbons (Fsp3) is 0.611. The zero-order chi connectivity index (χ0) is 14.8. The monoisotopic (exact) mass is 286 g/mol. The van der Waals surface area contributed by atoms with E-state index in [1.165, 1.54) is 5.56 Å². The van der Waals surface area contributed by atoms with Crippen LogP contribution in [0, 0.1) is 5.92 Å². The molecule has 1 aromatic carbocycles. The smallest absolute Gasteiger partial charge is 0.225 e. The van der Waals surface area contributed by atoms with E-state index in [-0.39, 0.29) is 12.0 Å². The van der Waals surface area contributed by atoms with Crippen LogP contribution in [0.15, 0.2) is 30.3 Å². The number of nitrogens with zero attached hydrogens (tertiary/aromatic N) is 1. The van der Waals surface area contributed by atoms with Crippen molar-refractivity contribution in [2.24, 2.45) is 11.7 Å². The molecule has 2 N–H and O–H groups in total. The van der Waals surface area contributed by atoms with Gasteiger partial charge in [0.25, 0.3) is 0 Å². The number of nitrogens with two attached hydrogens (primary N) is 1. The van der Waals surface area contributed by atoms with Gasteiger partial charge < -0.3 is 10.6 Å². The lowest BCUT2D eigenvalue weighted by atomic mass is 9.85. The number of likely N-dealkylation sites (tertiary alicyclic amines) is 1. The Hall–Kier alpha value is -1.35. The van der Waals surface area contributed by atoms with Gasteiger partial charge in [0, 0.05) is 30.5 Å². The molecule has 0 unspecified atom stereocenters. The highest BCUT2D eigenvalue weighted by atomic mass is 16.2. The molecule has 1 amide bonds. The number of carbonyl (C=O) groups excluding carboxylic acids is 1. The minimum atomic E-state index is 0.158. The lowest BCUT2D eigenvalue weighted by Gasteiger charge is -2.32. The summed E-state index contributed by atoms with van der Waals surface area (Å²) in [5, 5.41) is 0. The van der Waals surface area contributed by atoms with Crippen molar-refractivity contribution >= 4 is 5.91 Å². The van der Waals surface area contributed by atoms with Crippen LogP contribution in [0.3, 0.4) is 0 Å². The molecule has 4 atom stereocenters. The summed E-state index contributed by atoms with van der Waals surface area (Å²) in [5.41, 5.74) is 7.41. The van der Waals surface area contributed by atoms with Crippen LogP contribution in [0.5, 0.6) is 0 Å². The highest BCUT2D eigenvalue weighted by molar-refractivity contribution is 5.79. The van der Waals surface area contributed by atoms with Gasteiger partial charge in [0.05, 0.1) is 0 Å². The summed E-state index contributed by atoms with van der Waals surface area (Å²) >= 11 is 0. The molecule has 0 aromatic heterocycles. The Morgan fingerprint density at radius 1 is 1.19 bits per heavy atom. The SMILES string of the molecule is C[C@@H]1[C@H](c2ccccc2)CCN1C(=O)[C@@H]1CCC[C@H](N)C1. The molecule has 1 saturated carbocycles. The van der Waals surface area contributed by atoms with Gasteiger partial charge in [0.2, 0.25) is 5.91 Å². The van der Waals surface area contributed by atoms with E-state index in [0.29, 0.717) is 17.9 Å². The molecule has 2 aliphatic rings. The lowest BCUT2D eigenvalue weighted by Crippen LogP contribution is -2.42. The van der Waals surface area contributed by atoms with Gasteiger partial charge in [-0.05, 0) is 38.2 Å². The highest BCUT2D eigenvalue weighted by Crippen LogP contribution is 2.35. The maximum absolute atomic E-state index is 12.8. The number of benzene rings is 1. The summed E-state index contributed by atoms with van der Waals surface area (Å²) in [7, 11) is 0. The average molecular weight is 286 g/mol. The van der Waals surface area contributed by atoms with E-state index in [1.807, 2.05) is 0 Å². The van der Waals surface area contributed by atoms with Gasteiger partial charge in [-0.2, -0.15) is 0 Å². The van der Waals surface area contributed by atoms with E-state index in [9.17, 15) is 4.79 Å². The van der Waals surface area contributed by atoms with Crippen LogP contribution in [0.1, 0.15) is 50.5 Å². The largest absolute Gasteiger partial charge is 0.339 e. The van der Waals surface area contributed by atoms with Crippen LogP contribution in [0.25, 0.3) is 0 Å². The molecule has 1 heterocycles. The molecule has 1 aromatic rings. The predicted molar refractivity (Wildman–Crippen MR) is 84.9 cm³/mol. The molecule has 0 bridgehead atoms. The number of rotatable bonds is 2. The number of amides is 1. The third kappa shape index (κ3) is 2.98. The van der Waals surface area contributed by atoms with Crippen LogP contribution in [0.2, 0.25) is 0 Å². The Bertz CT molecular complexity index is 487. The van der Waals surface area contributed by atoms with E-state index in [2.05, 4.69) is 42.2 Å². The Morgan fingerprint density at radius 2 is 1.95 bits per heavy atom. The minimum Gasteiger partial charge on any atom is -0.339 e. The van der Waals surface area contributed by atoms with Crippen molar-refractivity contribution in [3.8, 4) is 0 Å². The van der Waals surface area contributed by atoms with Gasteiger partial charge in [-0.25, -0.2) is 0 Å². The summed E-state index contributed by atoms with van der Waals surface area (Å²) in [5.74, 6) is 0.981. The maximum Gasteiger partial charge on any atom is 0.225 e. The van der Waals surface area contributed by atoms with E-state index < -0.39 is 0 Å². The third-order valence-corrected chi connectivity index (χ3v) is 5.33. The summed E-state index contributed by atoms with van der Waals surface area (Å²) in [6, 6.07) is 11.1. The first-order valence-electron chi connectivity index (χ1n) is 8.28. The Morgan fingerprint density at radius 3 is 2.67 bits per heavy atom. The molecule has 1 aliphatic carbocycles. The normalized spacial score (nSPS) is 33.1. The van der Waals surface area contributed by atoms with Gasteiger partial charge in [-0.3, -0.25) is 4.79 Å². The van der Waals surface area contributed by atoms with Crippen molar-refractivity contribution in [1.82, 2.24) is 4.90 Å². The summed E-state index contributed by atoms with van der Waals surface area (Å²) in [4.78, 5) is 14.9. The molecule has 3 rings (SSSR count). The van der Waals surface area contributed by atoms with Crippen molar-refractivity contribution in [3.63, 3.8) is 0 Å². The first-order chi connectivity index (χ1) is 10.2. The maximum atomic E-state index is 12.8. The molecule has 3 nitrogen and oxygen atoms in total. The Kier molecular flexibility index (Phi) is 4.29. The van der Waals surface area contributed by atoms with Gasteiger partial charge in [-0.1, -0.05) is 36.8 Å². The molecule has 21 heavy (non-hydrogen) atoms. The van der Waals surface area contributed by atoms with Crippen LogP contribution in [-0.2, 0) is 4.79 Å². The molecule has 2 fully saturated rings. The van der Waals surface area contributed by atoms with Crippen LogP contribution in [-0.4, -0.2) is 29.4 Å². The van der Waals surface area contributed by atoms with E-state index >= 15 is 0 Å². The minimum absolute atomic E-state index is 0.158. The van der Waals surface area contributed by atoms with E-state index in [0.717, 1.165) is 38.6 Å². The van der Waals surface area contributed by atoms with Crippen molar-refractivity contribution in [1.29, 1.82) is 0 Å². The topological polar surface area (TPSA) is 46.3 Å². The first-order valence-corrected chi connectivity index (χ1v) is 8.28. The zero-order valence-corrected chi connectivity index (χ0v) is 12.9. The van der Waals surface area contributed by atoms with E-state index in [4.69, 9.17) is 5.73 Å². The van der Waals surface area contributed by atoms with Gasteiger partial charge in [-0.15, -0.1) is 0 Å². The summed E-state index contributed by atoms with van der Waals surface area (Å²) in [6.07, 6.45) is 5.15. The highest BCUT2D eigenvalue weighted by Gasteiger charge is 2.38. The summed E-state index contributed by atoms with van der Waals surface area (Å²) in [6.45, 7) is 3.09. The predicted octanol–water partition coefficient (Wildman–Crippen LogP) is 2.91. The second-order valence-corrected chi connectivity index (χ2v) is 6.70. The summed E-state index contributed by atoms with van der Waals surface area (Å²) < 4.78 is 0. The molecular formula is C18H26N2O. The molecule has 1 saturated heterocycles. The van der Waals surface area contributed by atoms with Crippen molar-refractivity contribution in [3.05, 3.63) is 35.9 Å². The fourth-order valence-corrected chi connectivity index (χ4v) is 4.08. The zero-order valence-electron chi connectivity index (χ0n) is 12.9. The second-order valence-electron chi connectivity index (χ2n) is 6.70. The van der Waals surface area contributed by atoms with Crippen LogP contribution >= 0.6 is 0 Å². The molecule has 0 radical (unpaired) electrons. The second kappa shape index (κ2) is 6.18. The van der Waals surface area contributed by atoms with Crippen molar-refractivity contribution < 1.29 is 4.79 Å². The van der Waals surface area contributed by atoms with Crippen LogP contribution < -0.4 is 5.73 Å². The van der Waals surface area contributed by atoms with Crippen LogP contribution in [0.4, 0.5) is 0 Å². The van der Waals surface area contributed by atoms with E-state index in [1.54, 1.807) is 0 Å². The molecule has 114 valence electrons. The lowest BCUT2D eigenvalue weighted by molar-refractivity contribution is -0.137. The third-order valence-electron chi connectivity index (χ3n) is 5.33. The molecule has 0 spiro atoms. The van der Waals surface area contributed by atoms with Gasteiger partial charge >= 0.3 is 0 Å². The first kappa shape index (κ1) is 14.6. The average Bonchev–Trinajstić information content (AvgIpc) is 2.89. The Balaban J connectivity index is 1.68. The molecule has 3 heteroatoms. The van der Waals surface area contributed by atoms with Gasteiger partial charge in [0.1, 0.15) is 0 Å². The van der Waals surface area contributed by atoms with Gasteiger partial charge in [0.15, 0.2) is 0 Å². The van der Waals surface area contributed by atoms with Crippen molar-refractivity contribution in [2.45, 2.75) is 57.0 Å². The number of hydrogen-bond donors (Lipinski definition) is 1. The standard InChI is InChI=1S/C18H26N2O/c1-13-17(14-6-3-2-4-7-14)10-11-20(13)18(21)15-8-5-9-16(19)12-15/h2-4,6-7,13,15-17H,5,8-12,19H2,1H3/t13-,15-,16+,17-/m1/s1. The Labute approximate surface area is 127 Å². The molecule has 1 aliphatic heterocycles. The number of carbonyl (C=O) groups is 1. The number of hydrogen-bond acceptors (Lipinski definition) is 2. The molecular weight excluding hydrogens is 260 g/mol. The van der Waals surface area contributed by atoms with Crippen molar-refractivity contribution in [2.75, 3.05) is 6.54 Å². The fourth-order valence-electron chi connectivity index (χ4n) is 4.08. The quantitative estimate of drug-likeness (QED) is 0.908.